The lowest BCUT2D eigenvalue weighted by atomic mass is 10.1. The van der Waals surface area contributed by atoms with Crippen LogP contribution in [0.3, 0.4) is 0 Å². The van der Waals surface area contributed by atoms with Gasteiger partial charge in [0.1, 0.15) is 5.69 Å². The van der Waals surface area contributed by atoms with Crippen molar-refractivity contribution in [3.05, 3.63) is 33.9 Å². The maximum atomic E-state index is 10.8. The second-order valence-corrected chi connectivity index (χ2v) is 5.12. The van der Waals surface area contributed by atoms with Crippen LogP contribution >= 0.6 is 0 Å². The number of nitro groups is 1. The number of nitrogens with zero attached hydrogens (tertiary/aromatic N) is 1. The van der Waals surface area contributed by atoms with Gasteiger partial charge in [-0.05, 0) is 25.0 Å². The zero-order valence-corrected chi connectivity index (χ0v) is 12.3. The molecule has 0 aliphatic heterocycles. The van der Waals surface area contributed by atoms with Crippen LogP contribution in [0.2, 0.25) is 0 Å². The van der Waals surface area contributed by atoms with Gasteiger partial charge >= 0.3 is 0 Å². The molecule has 5 heteroatoms. The number of rotatable bonds is 9. The number of hydrogen-bond donors (Lipinski definition) is 1. The van der Waals surface area contributed by atoms with Gasteiger partial charge in [0.05, 0.1) is 17.6 Å². The van der Waals surface area contributed by atoms with Crippen molar-refractivity contribution in [2.24, 2.45) is 0 Å². The van der Waals surface area contributed by atoms with E-state index in [2.05, 4.69) is 6.92 Å². The lowest BCUT2D eigenvalue weighted by Gasteiger charge is -2.13. The van der Waals surface area contributed by atoms with Gasteiger partial charge in [0.25, 0.3) is 5.69 Å². The van der Waals surface area contributed by atoms with Crippen LogP contribution < -0.4 is 5.73 Å². The van der Waals surface area contributed by atoms with E-state index in [4.69, 9.17) is 10.5 Å². The number of hydrogen-bond acceptors (Lipinski definition) is 4. The van der Waals surface area contributed by atoms with Crippen molar-refractivity contribution in [3.63, 3.8) is 0 Å². The fourth-order valence-electron chi connectivity index (χ4n) is 2.02. The molecule has 0 saturated heterocycles. The Morgan fingerprint density at radius 3 is 2.75 bits per heavy atom. The Kier molecular flexibility index (Phi) is 7.01. The van der Waals surface area contributed by atoms with Crippen LogP contribution in [0.15, 0.2) is 18.2 Å². The van der Waals surface area contributed by atoms with Crippen molar-refractivity contribution >= 4 is 11.4 Å². The predicted octanol–water partition coefficient (Wildman–Crippen LogP) is 4.05. The van der Waals surface area contributed by atoms with E-state index in [0.717, 1.165) is 18.4 Å². The third-order valence-corrected chi connectivity index (χ3v) is 3.29. The van der Waals surface area contributed by atoms with E-state index >= 15 is 0 Å². The normalized spacial score (nSPS) is 12.3. The summed E-state index contributed by atoms with van der Waals surface area (Å²) in [4.78, 5) is 10.3. The summed E-state index contributed by atoms with van der Waals surface area (Å²) in [6, 6.07) is 4.81. The molecule has 1 unspecified atom stereocenters. The van der Waals surface area contributed by atoms with E-state index in [1.54, 1.807) is 12.1 Å². The highest BCUT2D eigenvalue weighted by molar-refractivity contribution is 5.59. The van der Waals surface area contributed by atoms with Crippen LogP contribution in [0.1, 0.15) is 51.5 Å². The van der Waals surface area contributed by atoms with Crippen molar-refractivity contribution in [3.8, 4) is 0 Å². The fourth-order valence-corrected chi connectivity index (χ4v) is 2.02. The van der Waals surface area contributed by atoms with E-state index in [1.807, 2.05) is 6.92 Å². The molecule has 5 nitrogen and oxygen atoms in total. The first kappa shape index (κ1) is 16.4. The molecule has 0 saturated carbocycles. The maximum absolute atomic E-state index is 10.8. The molecule has 0 aliphatic carbocycles. The van der Waals surface area contributed by atoms with E-state index in [1.165, 1.54) is 25.3 Å². The van der Waals surface area contributed by atoms with Gasteiger partial charge in [0.2, 0.25) is 0 Å². The second-order valence-electron chi connectivity index (χ2n) is 5.12. The summed E-state index contributed by atoms with van der Waals surface area (Å²) in [6.45, 7) is 4.61. The smallest absolute Gasteiger partial charge is 0.292 e. The predicted molar refractivity (Wildman–Crippen MR) is 80.5 cm³/mol. The molecule has 0 bridgehead atoms. The fraction of sp³-hybridized carbons (Fsp3) is 0.600. The summed E-state index contributed by atoms with van der Waals surface area (Å²) in [5.74, 6) is 0. The van der Waals surface area contributed by atoms with E-state index in [-0.39, 0.29) is 17.5 Å². The molecular weight excluding hydrogens is 256 g/mol. The number of nitro benzene ring substituents is 1. The van der Waals surface area contributed by atoms with Crippen LogP contribution in [0.25, 0.3) is 0 Å². The number of ether oxygens (including phenoxy) is 1. The number of unbranched alkanes of at least 4 members (excludes halogenated alkanes) is 3. The quantitative estimate of drug-likeness (QED) is 0.320. The standard InChI is InChI=1S/C15H24N2O3/c1-3-4-5-6-7-12(2)20-11-13-8-9-14(16)15(10-13)17(18)19/h8-10,12H,3-7,11,16H2,1-2H3. The minimum atomic E-state index is -0.465. The Balaban J connectivity index is 2.41. The highest BCUT2D eigenvalue weighted by Gasteiger charge is 2.12. The van der Waals surface area contributed by atoms with E-state index in [0.29, 0.717) is 6.61 Å². The van der Waals surface area contributed by atoms with Crippen molar-refractivity contribution in [1.29, 1.82) is 0 Å². The highest BCUT2D eigenvalue weighted by Crippen LogP contribution is 2.23. The van der Waals surface area contributed by atoms with Crippen LogP contribution in [0.5, 0.6) is 0 Å². The SMILES string of the molecule is CCCCCCC(C)OCc1ccc(N)c([N+](=O)[O-])c1. The van der Waals surface area contributed by atoms with E-state index in [9.17, 15) is 10.1 Å². The molecule has 1 atom stereocenters. The number of nitrogen functional groups attached to an aromatic ring is 1. The Bertz CT molecular complexity index is 435. The zero-order chi connectivity index (χ0) is 15.0. The third-order valence-electron chi connectivity index (χ3n) is 3.29. The Labute approximate surface area is 120 Å². The molecule has 0 aromatic heterocycles. The summed E-state index contributed by atoms with van der Waals surface area (Å²) in [5, 5.41) is 10.8. The summed E-state index contributed by atoms with van der Waals surface area (Å²) >= 11 is 0. The molecule has 1 rings (SSSR count). The maximum Gasteiger partial charge on any atom is 0.292 e. The van der Waals surface area contributed by atoms with Gasteiger partial charge in [-0.3, -0.25) is 10.1 Å². The minimum Gasteiger partial charge on any atom is -0.393 e. The van der Waals surface area contributed by atoms with Gasteiger partial charge in [0, 0.05) is 6.07 Å². The van der Waals surface area contributed by atoms with Crippen molar-refractivity contribution in [2.45, 2.75) is 58.7 Å². The van der Waals surface area contributed by atoms with Gasteiger partial charge in [0.15, 0.2) is 0 Å². The summed E-state index contributed by atoms with van der Waals surface area (Å²) in [5.41, 5.74) is 6.47. The lowest BCUT2D eigenvalue weighted by molar-refractivity contribution is -0.384. The average Bonchev–Trinajstić information content (AvgIpc) is 2.42. The molecule has 112 valence electrons. The first-order valence-electron chi connectivity index (χ1n) is 7.19. The Morgan fingerprint density at radius 2 is 2.10 bits per heavy atom. The number of anilines is 1. The van der Waals surface area contributed by atoms with Crippen LogP contribution in [-0.4, -0.2) is 11.0 Å². The van der Waals surface area contributed by atoms with Crippen molar-refractivity contribution in [2.75, 3.05) is 5.73 Å². The molecule has 0 aliphatic rings. The van der Waals surface area contributed by atoms with Gasteiger partial charge < -0.3 is 10.5 Å². The van der Waals surface area contributed by atoms with Crippen molar-refractivity contribution < 1.29 is 9.66 Å². The Morgan fingerprint density at radius 1 is 1.35 bits per heavy atom. The molecule has 0 fully saturated rings. The highest BCUT2D eigenvalue weighted by atomic mass is 16.6. The lowest BCUT2D eigenvalue weighted by Crippen LogP contribution is -2.08. The average molecular weight is 280 g/mol. The minimum absolute atomic E-state index is 0.0540. The van der Waals surface area contributed by atoms with Crippen LogP contribution in [0.4, 0.5) is 11.4 Å². The Hall–Kier alpha value is -1.62. The first-order valence-corrected chi connectivity index (χ1v) is 7.19. The van der Waals surface area contributed by atoms with Gasteiger partial charge in [-0.15, -0.1) is 0 Å². The monoisotopic (exact) mass is 280 g/mol. The third kappa shape index (κ3) is 5.57. The largest absolute Gasteiger partial charge is 0.393 e. The van der Waals surface area contributed by atoms with E-state index < -0.39 is 4.92 Å². The summed E-state index contributed by atoms with van der Waals surface area (Å²) in [7, 11) is 0. The number of benzene rings is 1. The number of nitrogens with two attached hydrogens (primary N) is 1. The summed E-state index contributed by atoms with van der Waals surface area (Å²) < 4.78 is 5.72. The first-order chi connectivity index (χ1) is 9.54. The zero-order valence-electron chi connectivity index (χ0n) is 12.3. The topological polar surface area (TPSA) is 78.4 Å². The molecule has 0 radical (unpaired) electrons. The molecule has 2 N–H and O–H groups in total. The second kappa shape index (κ2) is 8.53. The van der Waals surface area contributed by atoms with Gasteiger partial charge in [-0.1, -0.05) is 38.7 Å². The molecule has 0 spiro atoms. The molecule has 1 aromatic rings. The molecule has 0 amide bonds. The molecule has 1 aromatic carbocycles. The van der Waals surface area contributed by atoms with Crippen LogP contribution in [-0.2, 0) is 11.3 Å². The van der Waals surface area contributed by atoms with Gasteiger partial charge in [-0.25, -0.2) is 0 Å². The molecule has 20 heavy (non-hydrogen) atoms. The summed E-state index contributed by atoms with van der Waals surface area (Å²) in [6.07, 6.45) is 6.08. The van der Waals surface area contributed by atoms with Crippen LogP contribution in [0, 0.1) is 10.1 Å². The molecular formula is C15H24N2O3. The van der Waals surface area contributed by atoms with Crippen molar-refractivity contribution in [1.82, 2.24) is 0 Å². The molecule has 0 heterocycles. The van der Waals surface area contributed by atoms with Gasteiger partial charge in [-0.2, -0.15) is 0 Å².